The Bertz CT molecular complexity index is 1650. The summed E-state index contributed by atoms with van der Waals surface area (Å²) in [7, 11) is -0.932. The standard InChI is InChI=1S/C35H47F3N8OS/c1-5-25(2)29(21-35(36,37)38)20-32-26(3)40-24-41-34(32)42-30-8-10-44(11-9-30)23-27-6-7-33-28(18-27)19-31(22-39)46(33)17-14-43-12-15-45(16-13-43)48(4)47/h6-7,18-20,24-25,30H,5,8-17,21,23H2,1-4H3,(H,40,41,42)/b29-20-. The predicted molar refractivity (Wildman–Crippen MR) is 186 cm³/mol. The molecule has 9 nitrogen and oxygen atoms in total. The zero-order valence-electron chi connectivity index (χ0n) is 28.4. The molecule has 0 bridgehead atoms. The Morgan fingerprint density at radius 1 is 1.10 bits per heavy atom. The van der Waals surface area contributed by atoms with Crippen LogP contribution in [0, 0.1) is 24.2 Å². The molecule has 2 fully saturated rings. The molecule has 1 N–H and O–H groups in total. The number of alkyl halides is 3. The number of benzene rings is 1. The average molecular weight is 685 g/mol. The lowest BCUT2D eigenvalue weighted by molar-refractivity contribution is -0.128. The Labute approximate surface area is 284 Å². The molecule has 2 atom stereocenters. The van der Waals surface area contributed by atoms with E-state index in [9.17, 15) is 22.6 Å². The lowest BCUT2D eigenvalue weighted by atomic mass is 9.93. The molecule has 260 valence electrons. The molecule has 48 heavy (non-hydrogen) atoms. The van der Waals surface area contributed by atoms with Gasteiger partial charge in [-0.05, 0) is 61.9 Å². The lowest BCUT2D eigenvalue weighted by Crippen LogP contribution is -2.47. The Morgan fingerprint density at radius 3 is 2.48 bits per heavy atom. The summed E-state index contributed by atoms with van der Waals surface area (Å²) < 4.78 is 56.0. The SMILES string of the molecule is CCC(C)/C(=C\c1c(C)ncnc1NC1CCN(Cc2ccc3c(c2)cc(C#N)n3CCN2CCN(S(C)=O)CC2)CC1)CC(F)(F)F. The van der Waals surface area contributed by atoms with Crippen LogP contribution in [0.3, 0.4) is 0 Å². The topological polar surface area (TPSA) is 93.3 Å². The molecular weight excluding hydrogens is 638 g/mol. The number of aryl methyl sites for hydroxylation is 1. The van der Waals surface area contributed by atoms with Crippen molar-refractivity contribution in [3.05, 3.63) is 58.7 Å². The number of anilines is 1. The fraction of sp³-hybridized carbons (Fsp3) is 0.571. The molecule has 5 rings (SSSR count). The minimum atomic E-state index is -4.28. The number of likely N-dealkylation sites (tertiary alicyclic amines) is 1. The van der Waals surface area contributed by atoms with Gasteiger partial charge in [-0.2, -0.15) is 18.4 Å². The zero-order valence-corrected chi connectivity index (χ0v) is 29.2. The molecule has 0 aliphatic carbocycles. The van der Waals surface area contributed by atoms with Crippen LogP contribution < -0.4 is 5.32 Å². The second kappa shape index (κ2) is 15.9. The average Bonchev–Trinajstić information content (AvgIpc) is 3.41. The van der Waals surface area contributed by atoms with E-state index in [1.54, 1.807) is 12.3 Å². The monoisotopic (exact) mass is 684 g/mol. The van der Waals surface area contributed by atoms with Gasteiger partial charge in [-0.15, -0.1) is 0 Å². The molecule has 0 spiro atoms. The molecule has 2 aromatic heterocycles. The van der Waals surface area contributed by atoms with Gasteiger partial charge < -0.3 is 9.88 Å². The molecule has 13 heteroatoms. The van der Waals surface area contributed by atoms with Crippen LogP contribution in [-0.2, 0) is 24.1 Å². The minimum Gasteiger partial charge on any atom is -0.367 e. The van der Waals surface area contributed by atoms with Crippen LogP contribution in [0.4, 0.5) is 19.0 Å². The van der Waals surface area contributed by atoms with Crippen LogP contribution in [0.5, 0.6) is 0 Å². The number of rotatable bonds is 12. The fourth-order valence-electron chi connectivity index (χ4n) is 6.71. The molecule has 0 amide bonds. The Balaban J connectivity index is 1.19. The van der Waals surface area contributed by atoms with Gasteiger partial charge in [0.1, 0.15) is 23.9 Å². The maximum Gasteiger partial charge on any atom is 0.392 e. The summed E-state index contributed by atoms with van der Waals surface area (Å²) in [4.78, 5) is 13.5. The summed E-state index contributed by atoms with van der Waals surface area (Å²) in [5.41, 5.74) is 4.55. The highest BCUT2D eigenvalue weighted by Gasteiger charge is 2.31. The molecule has 0 radical (unpaired) electrons. The number of piperazine rings is 1. The van der Waals surface area contributed by atoms with Crippen molar-refractivity contribution in [3.63, 3.8) is 0 Å². The van der Waals surface area contributed by atoms with E-state index in [2.05, 4.69) is 53.9 Å². The van der Waals surface area contributed by atoms with E-state index in [0.717, 1.165) is 82.6 Å². The normalized spacial score (nSPS) is 19.0. The van der Waals surface area contributed by atoms with Crippen LogP contribution in [0.1, 0.15) is 62.0 Å². The number of fused-ring (bicyclic) bond motifs is 1. The molecule has 2 aliphatic rings. The van der Waals surface area contributed by atoms with Crippen molar-refractivity contribution in [1.29, 1.82) is 5.26 Å². The highest BCUT2D eigenvalue weighted by Crippen LogP contribution is 2.33. The summed E-state index contributed by atoms with van der Waals surface area (Å²) in [5.74, 6) is 0.389. The van der Waals surface area contributed by atoms with Crippen molar-refractivity contribution in [1.82, 2.24) is 28.6 Å². The maximum atomic E-state index is 13.4. The first-order chi connectivity index (χ1) is 22.9. The van der Waals surface area contributed by atoms with Crippen molar-refractivity contribution in [2.45, 2.75) is 71.8 Å². The number of piperidine rings is 1. The quantitative estimate of drug-likeness (QED) is 0.251. The molecule has 2 aliphatic heterocycles. The number of hydrogen-bond donors (Lipinski definition) is 1. The van der Waals surface area contributed by atoms with Gasteiger partial charge >= 0.3 is 6.18 Å². The van der Waals surface area contributed by atoms with E-state index in [4.69, 9.17) is 0 Å². The summed E-state index contributed by atoms with van der Waals surface area (Å²) in [6, 6.07) is 11.0. The molecule has 2 saturated heterocycles. The van der Waals surface area contributed by atoms with Crippen LogP contribution in [-0.4, -0.2) is 97.1 Å². The van der Waals surface area contributed by atoms with E-state index in [-0.39, 0.29) is 12.0 Å². The Morgan fingerprint density at radius 2 is 1.83 bits per heavy atom. The number of aromatic nitrogens is 3. The third-order valence-corrected chi connectivity index (χ3v) is 10.9. The van der Waals surface area contributed by atoms with E-state index in [1.807, 2.05) is 31.1 Å². The van der Waals surface area contributed by atoms with Crippen LogP contribution >= 0.6 is 0 Å². The molecule has 3 aromatic rings. The van der Waals surface area contributed by atoms with Gasteiger partial charge in [0.15, 0.2) is 0 Å². The smallest absolute Gasteiger partial charge is 0.367 e. The van der Waals surface area contributed by atoms with Crippen LogP contribution in [0.15, 0.2) is 36.2 Å². The first-order valence-electron chi connectivity index (χ1n) is 16.8. The van der Waals surface area contributed by atoms with Crippen molar-refractivity contribution >= 4 is 33.8 Å². The summed E-state index contributed by atoms with van der Waals surface area (Å²) in [6.07, 6.45) is 2.01. The summed E-state index contributed by atoms with van der Waals surface area (Å²) >= 11 is 0. The van der Waals surface area contributed by atoms with Gasteiger partial charge in [-0.25, -0.2) is 18.5 Å². The second-order valence-corrected chi connectivity index (χ2v) is 14.5. The molecule has 4 heterocycles. The lowest BCUT2D eigenvalue weighted by Gasteiger charge is -2.33. The van der Waals surface area contributed by atoms with Gasteiger partial charge in [0, 0.05) is 87.7 Å². The van der Waals surface area contributed by atoms with Gasteiger partial charge in [0.2, 0.25) is 0 Å². The van der Waals surface area contributed by atoms with Crippen LogP contribution in [0.25, 0.3) is 17.0 Å². The highest BCUT2D eigenvalue weighted by atomic mass is 32.2. The number of hydrogen-bond acceptors (Lipinski definition) is 7. The van der Waals surface area contributed by atoms with E-state index in [0.29, 0.717) is 34.8 Å². The van der Waals surface area contributed by atoms with Gasteiger partial charge in [-0.1, -0.05) is 25.5 Å². The molecule has 0 saturated carbocycles. The zero-order chi connectivity index (χ0) is 34.4. The highest BCUT2D eigenvalue weighted by molar-refractivity contribution is 7.81. The number of halogens is 3. The predicted octanol–water partition coefficient (Wildman–Crippen LogP) is 5.98. The Kier molecular flexibility index (Phi) is 11.9. The van der Waals surface area contributed by atoms with Gasteiger partial charge in [0.05, 0.1) is 23.1 Å². The number of nitriles is 1. The molecule has 2 unspecified atom stereocenters. The van der Waals surface area contributed by atoms with E-state index in [1.165, 1.54) is 11.9 Å². The first kappa shape index (κ1) is 36.0. The van der Waals surface area contributed by atoms with Crippen molar-refractivity contribution in [2.24, 2.45) is 5.92 Å². The number of allylic oxidation sites excluding steroid dienone is 1. The second-order valence-electron chi connectivity index (χ2n) is 13.1. The van der Waals surface area contributed by atoms with Crippen molar-refractivity contribution < 1.29 is 17.4 Å². The van der Waals surface area contributed by atoms with Gasteiger partial charge in [-0.3, -0.25) is 9.80 Å². The third kappa shape index (κ3) is 9.22. The fourth-order valence-corrected chi connectivity index (χ4v) is 7.39. The number of nitrogens with one attached hydrogen (secondary N) is 1. The maximum absolute atomic E-state index is 13.4. The first-order valence-corrected chi connectivity index (χ1v) is 18.4. The minimum absolute atomic E-state index is 0.152. The van der Waals surface area contributed by atoms with Gasteiger partial charge in [0.25, 0.3) is 0 Å². The van der Waals surface area contributed by atoms with E-state index < -0.39 is 23.6 Å². The van der Waals surface area contributed by atoms with Crippen molar-refractivity contribution in [2.75, 3.05) is 57.4 Å². The summed E-state index contributed by atoms with van der Waals surface area (Å²) in [6.45, 7) is 13.0. The third-order valence-electron chi connectivity index (χ3n) is 9.81. The Hall–Kier alpha value is -3.31. The number of nitrogens with zero attached hydrogens (tertiary/aromatic N) is 7. The van der Waals surface area contributed by atoms with Crippen LogP contribution in [0.2, 0.25) is 0 Å². The summed E-state index contributed by atoms with van der Waals surface area (Å²) in [5, 5.41) is 14.5. The van der Waals surface area contributed by atoms with E-state index >= 15 is 0 Å². The van der Waals surface area contributed by atoms with Crippen molar-refractivity contribution in [3.8, 4) is 6.07 Å². The molecular formula is C35H47F3N8OS. The largest absolute Gasteiger partial charge is 0.392 e. The molecule has 1 aromatic carbocycles.